The number of fused-ring (bicyclic) bond motifs is 1. The van der Waals surface area contributed by atoms with Gasteiger partial charge in [-0.1, -0.05) is 13.8 Å². The van der Waals surface area contributed by atoms with E-state index in [9.17, 15) is 9.59 Å². The van der Waals surface area contributed by atoms with Crippen LogP contribution in [0.4, 0.5) is 0 Å². The van der Waals surface area contributed by atoms with Crippen molar-refractivity contribution in [1.29, 1.82) is 0 Å². The maximum atomic E-state index is 12.0. The van der Waals surface area contributed by atoms with E-state index in [1.807, 2.05) is 0 Å². The van der Waals surface area contributed by atoms with Gasteiger partial charge in [0, 0.05) is 26.1 Å². The third kappa shape index (κ3) is 2.96. The van der Waals surface area contributed by atoms with E-state index in [1.165, 1.54) is 19.1 Å². The maximum Gasteiger partial charge on any atom is 0.273 e. The van der Waals surface area contributed by atoms with Gasteiger partial charge in [0.2, 0.25) is 5.91 Å². The lowest BCUT2D eigenvalue weighted by Gasteiger charge is -2.53. The Hall–Kier alpha value is -1.89. The van der Waals surface area contributed by atoms with Gasteiger partial charge in [0.05, 0.1) is 6.10 Å². The zero-order chi connectivity index (χ0) is 19.2. The first-order valence-corrected chi connectivity index (χ1v) is 9.89. The molecule has 2 saturated carbocycles. The summed E-state index contributed by atoms with van der Waals surface area (Å²) in [5, 5.41) is 6.19. The summed E-state index contributed by atoms with van der Waals surface area (Å²) in [6.45, 7) is 7.47. The molecular weight excluding hydrogens is 346 g/mol. The molecule has 0 radical (unpaired) electrons. The average Bonchev–Trinajstić information content (AvgIpc) is 3.30. The van der Waals surface area contributed by atoms with Crippen molar-refractivity contribution in [2.45, 2.75) is 58.6 Å². The van der Waals surface area contributed by atoms with Gasteiger partial charge in [-0.05, 0) is 48.3 Å². The van der Waals surface area contributed by atoms with Gasteiger partial charge in [0.15, 0.2) is 12.1 Å². The molecule has 27 heavy (non-hydrogen) atoms. The largest absolute Gasteiger partial charge is 0.451 e. The molecule has 2 aliphatic carbocycles. The highest BCUT2D eigenvalue weighted by molar-refractivity contribution is 5.91. The summed E-state index contributed by atoms with van der Waals surface area (Å²) >= 11 is 0. The lowest BCUT2D eigenvalue weighted by molar-refractivity contribution is -0.135. The maximum absolute atomic E-state index is 12.0. The summed E-state index contributed by atoms with van der Waals surface area (Å²) in [6.07, 6.45) is 6.81. The molecule has 3 fully saturated rings. The smallest absolute Gasteiger partial charge is 0.273 e. The molecule has 2 bridgehead atoms. The standard InChI is InChI=1S/C20H29N3O4/c1-12(24)23-18-19(2,3)13-8-14-16(27-7-5-20(14,18)9-13)4-6-21-17(25)15-10-26-11-22-15/h10-11,13-14,16,18H,4-9H2,1-3H3,(H,21,25)(H,23,24)/t13-,14-,16-,18-,20-/m1/s1. The molecule has 2 N–H and O–H groups in total. The van der Waals surface area contributed by atoms with Gasteiger partial charge >= 0.3 is 0 Å². The Bertz CT molecular complexity index is 717. The molecule has 148 valence electrons. The lowest BCUT2D eigenvalue weighted by atomic mass is 9.59. The lowest BCUT2D eigenvalue weighted by Crippen LogP contribution is -2.60. The summed E-state index contributed by atoms with van der Waals surface area (Å²) in [4.78, 5) is 27.8. The number of rotatable bonds is 5. The average molecular weight is 375 g/mol. The first kappa shape index (κ1) is 18.5. The minimum atomic E-state index is -0.223. The van der Waals surface area contributed by atoms with E-state index in [0.717, 1.165) is 25.9 Å². The van der Waals surface area contributed by atoms with Crippen molar-refractivity contribution in [2.24, 2.45) is 22.7 Å². The fourth-order valence-corrected chi connectivity index (χ4v) is 6.14. The van der Waals surface area contributed by atoms with E-state index < -0.39 is 0 Å². The first-order chi connectivity index (χ1) is 12.8. The van der Waals surface area contributed by atoms with E-state index in [1.54, 1.807) is 6.92 Å². The molecule has 1 aliphatic heterocycles. The first-order valence-electron chi connectivity index (χ1n) is 9.89. The highest BCUT2D eigenvalue weighted by atomic mass is 16.5. The van der Waals surface area contributed by atoms with Crippen LogP contribution in [0.2, 0.25) is 0 Å². The van der Waals surface area contributed by atoms with Gasteiger partial charge in [-0.25, -0.2) is 4.98 Å². The van der Waals surface area contributed by atoms with Crippen molar-refractivity contribution in [3.63, 3.8) is 0 Å². The van der Waals surface area contributed by atoms with E-state index in [2.05, 4.69) is 29.5 Å². The second-order valence-electron chi connectivity index (χ2n) is 9.01. The van der Waals surface area contributed by atoms with Crippen molar-refractivity contribution in [1.82, 2.24) is 15.6 Å². The predicted octanol–water partition coefficient (Wildman–Crippen LogP) is 2.14. The van der Waals surface area contributed by atoms with E-state index in [4.69, 9.17) is 9.15 Å². The monoisotopic (exact) mass is 375 g/mol. The van der Waals surface area contributed by atoms with Gasteiger partial charge in [-0.15, -0.1) is 0 Å². The highest BCUT2D eigenvalue weighted by Crippen LogP contribution is 2.68. The third-order valence-electron chi connectivity index (χ3n) is 7.35. The summed E-state index contributed by atoms with van der Waals surface area (Å²) < 4.78 is 11.0. The minimum Gasteiger partial charge on any atom is -0.451 e. The van der Waals surface area contributed by atoms with Crippen LogP contribution >= 0.6 is 0 Å². The van der Waals surface area contributed by atoms with Crippen LogP contribution in [0.1, 0.15) is 56.9 Å². The molecule has 0 aromatic carbocycles. The number of amides is 2. The third-order valence-corrected chi connectivity index (χ3v) is 7.35. The molecular formula is C20H29N3O4. The van der Waals surface area contributed by atoms with Crippen LogP contribution in [0.5, 0.6) is 0 Å². The van der Waals surface area contributed by atoms with Crippen LogP contribution in [0.25, 0.3) is 0 Å². The number of ether oxygens (including phenoxy) is 1. The van der Waals surface area contributed by atoms with Crippen LogP contribution in [0.15, 0.2) is 17.1 Å². The van der Waals surface area contributed by atoms with Gasteiger partial charge in [0.25, 0.3) is 5.91 Å². The Balaban J connectivity index is 1.43. The molecule has 0 unspecified atom stereocenters. The van der Waals surface area contributed by atoms with Crippen molar-refractivity contribution in [2.75, 3.05) is 13.2 Å². The van der Waals surface area contributed by atoms with Crippen LogP contribution in [0, 0.1) is 22.7 Å². The van der Waals surface area contributed by atoms with Gasteiger partial charge in [-0.2, -0.15) is 0 Å². The van der Waals surface area contributed by atoms with E-state index in [-0.39, 0.29) is 34.8 Å². The van der Waals surface area contributed by atoms with Crippen molar-refractivity contribution in [3.05, 3.63) is 18.4 Å². The molecule has 3 aliphatic rings. The van der Waals surface area contributed by atoms with Crippen molar-refractivity contribution in [3.8, 4) is 0 Å². The molecule has 1 aromatic heterocycles. The van der Waals surface area contributed by atoms with Crippen LogP contribution in [0.3, 0.4) is 0 Å². The number of hydrogen-bond donors (Lipinski definition) is 2. The molecule has 2 heterocycles. The van der Waals surface area contributed by atoms with Crippen molar-refractivity contribution >= 4 is 11.8 Å². The Morgan fingerprint density at radius 1 is 1.37 bits per heavy atom. The summed E-state index contributed by atoms with van der Waals surface area (Å²) in [6, 6.07) is 0.197. The quantitative estimate of drug-likeness (QED) is 0.822. The Labute approximate surface area is 159 Å². The number of nitrogens with zero attached hydrogens (tertiary/aromatic N) is 1. The summed E-state index contributed by atoms with van der Waals surface area (Å²) in [5.41, 5.74) is 0.535. The summed E-state index contributed by atoms with van der Waals surface area (Å²) in [7, 11) is 0. The normalized spacial score (nSPS) is 36.3. The Morgan fingerprint density at radius 2 is 2.19 bits per heavy atom. The summed E-state index contributed by atoms with van der Waals surface area (Å²) in [5.74, 6) is 0.870. The molecule has 5 atom stereocenters. The van der Waals surface area contributed by atoms with E-state index >= 15 is 0 Å². The Kier molecular flexibility index (Phi) is 4.53. The number of hydrogen-bond acceptors (Lipinski definition) is 5. The predicted molar refractivity (Wildman–Crippen MR) is 97.8 cm³/mol. The zero-order valence-electron chi connectivity index (χ0n) is 16.3. The number of carbonyl (C=O) groups is 2. The number of aromatic nitrogens is 1. The molecule has 7 nitrogen and oxygen atoms in total. The fourth-order valence-electron chi connectivity index (χ4n) is 6.14. The molecule has 1 spiro atoms. The second-order valence-corrected chi connectivity index (χ2v) is 9.01. The fraction of sp³-hybridized carbons (Fsp3) is 0.750. The molecule has 2 amide bonds. The zero-order valence-corrected chi connectivity index (χ0v) is 16.3. The van der Waals surface area contributed by atoms with Gasteiger partial charge in [-0.3, -0.25) is 9.59 Å². The van der Waals surface area contributed by atoms with E-state index in [0.29, 0.717) is 24.1 Å². The number of carbonyl (C=O) groups excluding carboxylic acids is 2. The number of nitrogens with one attached hydrogen (secondary N) is 2. The molecule has 1 saturated heterocycles. The highest BCUT2D eigenvalue weighted by Gasteiger charge is 2.68. The number of oxazole rings is 1. The molecule has 1 aromatic rings. The second kappa shape index (κ2) is 6.62. The SMILES string of the molecule is CC(=O)N[C@@H]1C(C)(C)[C@@H]2C[C@@H]3[C@@H](CCNC(=O)c4cocn4)OCC[C@@]31C2. The molecule has 7 heteroatoms. The van der Waals surface area contributed by atoms with Crippen LogP contribution in [-0.2, 0) is 9.53 Å². The topological polar surface area (TPSA) is 93.5 Å². The van der Waals surface area contributed by atoms with Gasteiger partial charge < -0.3 is 19.8 Å². The van der Waals surface area contributed by atoms with Crippen LogP contribution in [-0.4, -0.2) is 42.1 Å². The van der Waals surface area contributed by atoms with Crippen molar-refractivity contribution < 1.29 is 18.7 Å². The Morgan fingerprint density at radius 3 is 2.89 bits per heavy atom. The molecule has 4 rings (SSSR count). The van der Waals surface area contributed by atoms with Gasteiger partial charge in [0.1, 0.15) is 6.26 Å². The minimum absolute atomic E-state index is 0.0525. The van der Waals surface area contributed by atoms with Crippen LogP contribution < -0.4 is 10.6 Å².